The summed E-state index contributed by atoms with van der Waals surface area (Å²) in [5, 5.41) is 2.74. The number of anilines is 1. The molecule has 1 aromatic heterocycles. The number of aromatic nitrogens is 2. The molecule has 33 heavy (non-hydrogen) atoms. The number of hydrogen-bond donors (Lipinski definition) is 1. The minimum atomic E-state index is -0.534. The van der Waals surface area contributed by atoms with Crippen molar-refractivity contribution in [3.63, 3.8) is 0 Å². The zero-order valence-corrected chi connectivity index (χ0v) is 18.1. The first kappa shape index (κ1) is 21.0. The van der Waals surface area contributed by atoms with E-state index >= 15 is 0 Å². The zero-order chi connectivity index (χ0) is 22.5. The molecule has 0 spiro atoms. The van der Waals surface area contributed by atoms with Gasteiger partial charge >= 0.3 is 6.09 Å². The molecular formula is C26H25N3O4. The van der Waals surface area contributed by atoms with E-state index in [-0.39, 0.29) is 6.10 Å². The van der Waals surface area contributed by atoms with Crippen LogP contribution in [0.25, 0.3) is 16.7 Å². The molecule has 7 heteroatoms. The van der Waals surface area contributed by atoms with Crippen LogP contribution < -0.4 is 14.8 Å². The topological polar surface area (TPSA) is 74.6 Å². The first-order valence-electron chi connectivity index (χ1n) is 11.1. The molecule has 0 radical (unpaired) electrons. The molecule has 5 rings (SSSR count). The highest BCUT2D eigenvalue weighted by molar-refractivity contribution is 5.86. The zero-order valence-electron chi connectivity index (χ0n) is 18.1. The molecule has 1 amide bonds. The molecule has 1 fully saturated rings. The van der Waals surface area contributed by atoms with Crippen molar-refractivity contribution in [2.75, 3.05) is 18.5 Å². The minimum absolute atomic E-state index is 0.170. The standard InChI is InChI=1S/C26H25N3O4/c30-26(33-21-6-2-1-3-7-21)28-19-9-11-20(12-10-19)29-18-27-24-16-22(13-14-25(24)29)32-17-23-8-4-5-15-31-23/h1-3,6-7,9-14,16,18,23H,4-5,8,15,17H2,(H,28,30). The SMILES string of the molecule is O=C(Nc1ccc(-n2cnc3cc(OCC4CCCCO4)ccc32)cc1)Oc1ccccc1. The van der Waals surface area contributed by atoms with Crippen LogP contribution in [0, 0.1) is 0 Å². The maximum atomic E-state index is 12.1. The van der Waals surface area contributed by atoms with Crippen LogP contribution in [0.5, 0.6) is 11.5 Å². The third-order valence-corrected chi connectivity index (χ3v) is 5.57. The van der Waals surface area contributed by atoms with Gasteiger partial charge in [-0.3, -0.25) is 9.88 Å². The van der Waals surface area contributed by atoms with Gasteiger partial charge in [-0.15, -0.1) is 0 Å². The summed E-state index contributed by atoms with van der Waals surface area (Å²) in [6, 6.07) is 22.4. The van der Waals surface area contributed by atoms with Crippen LogP contribution in [0.15, 0.2) is 79.1 Å². The lowest BCUT2D eigenvalue weighted by molar-refractivity contribution is -0.0110. The summed E-state index contributed by atoms with van der Waals surface area (Å²) in [6.07, 6.45) is 4.79. The fourth-order valence-electron chi connectivity index (χ4n) is 3.86. The monoisotopic (exact) mass is 443 g/mol. The van der Waals surface area contributed by atoms with E-state index < -0.39 is 6.09 Å². The highest BCUT2D eigenvalue weighted by Crippen LogP contribution is 2.24. The minimum Gasteiger partial charge on any atom is -0.491 e. The van der Waals surface area contributed by atoms with Gasteiger partial charge < -0.3 is 14.2 Å². The van der Waals surface area contributed by atoms with Gasteiger partial charge in [0.2, 0.25) is 0 Å². The molecule has 4 aromatic rings. The lowest BCUT2D eigenvalue weighted by Gasteiger charge is -2.22. The average molecular weight is 444 g/mol. The number of ether oxygens (including phenoxy) is 3. The second-order valence-electron chi connectivity index (χ2n) is 7.94. The molecule has 3 aromatic carbocycles. The molecular weight excluding hydrogens is 418 g/mol. The number of carbonyl (C=O) groups is 1. The number of carbonyl (C=O) groups excluding carboxylic acids is 1. The Morgan fingerprint density at radius 3 is 2.67 bits per heavy atom. The van der Waals surface area contributed by atoms with E-state index in [1.165, 1.54) is 6.42 Å². The molecule has 1 aliphatic rings. The average Bonchev–Trinajstić information content (AvgIpc) is 3.28. The van der Waals surface area contributed by atoms with Gasteiger partial charge in [-0.25, -0.2) is 9.78 Å². The second-order valence-corrected chi connectivity index (χ2v) is 7.94. The predicted octanol–water partition coefficient (Wildman–Crippen LogP) is 5.58. The van der Waals surface area contributed by atoms with Gasteiger partial charge in [0.05, 0.1) is 17.1 Å². The smallest absolute Gasteiger partial charge is 0.417 e. The number of rotatable bonds is 6. The van der Waals surface area contributed by atoms with Gasteiger partial charge in [0.15, 0.2) is 0 Å². The van der Waals surface area contributed by atoms with Crippen molar-refractivity contribution in [3.8, 4) is 17.2 Å². The van der Waals surface area contributed by atoms with Crippen LogP contribution in [0.1, 0.15) is 19.3 Å². The normalized spacial score (nSPS) is 15.8. The largest absolute Gasteiger partial charge is 0.491 e. The van der Waals surface area contributed by atoms with Crippen LogP contribution in [-0.2, 0) is 4.74 Å². The van der Waals surface area contributed by atoms with Crippen LogP contribution >= 0.6 is 0 Å². The van der Waals surface area contributed by atoms with Crippen molar-refractivity contribution in [2.45, 2.75) is 25.4 Å². The van der Waals surface area contributed by atoms with Crippen molar-refractivity contribution < 1.29 is 19.0 Å². The molecule has 7 nitrogen and oxygen atoms in total. The number of benzene rings is 3. The highest BCUT2D eigenvalue weighted by Gasteiger charge is 2.15. The van der Waals surface area contributed by atoms with E-state index in [4.69, 9.17) is 14.2 Å². The Bertz CT molecular complexity index is 1220. The van der Waals surface area contributed by atoms with E-state index in [9.17, 15) is 4.79 Å². The number of imidazole rings is 1. The predicted molar refractivity (Wildman–Crippen MR) is 126 cm³/mol. The number of para-hydroxylation sites is 1. The molecule has 1 N–H and O–H groups in total. The van der Waals surface area contributed by atoms with Crippen LogP contribution in [-0.4, -0.2) is 35.0 Å². The lowest BCUT2D eigenvalue weighted by Crippen LogP contribution is -2.25. The summed E-state index contributed by atoms with van der Waals surface area (Å²) < 4.78 is 18.9. The number of fused-ring (bicyclic) bond motifs is 1. The van der Waals surface area contributed by atoms with Crippen molar-refractivity contribution in [2.24, 2.45) is 0 Å². The molecule has 1 unspecified atom stereocenters. The summed E-state index contributed by atoms with van der Waals surface area (Å²) >= 11 is 0. The first-order valence-corrected chi connectivity index (χ1v) is 11.1. The Hall–Kier alpha value is -3.84. The van der Waals surface area contributed by atoms with Crippen LogP contribution in [0.4, 0.5) is 10.5 Å². The van der Waals surface area contributed by atoms with Gasteiger partial charge in [0.25, 0.3) is 0 Å². The molecule has 1 atom stereocenters. The van der Waals surface area contributed by atoms with Gasteiger partial charge in [0.1, 0.15) is 24.4 Å². The first-order chi connectivity index (χ1) is 16.2. The van der Waals surface area contributed by atoms with Crippen molar-refractivity contribution >= 4 is 22.8 Å². The molecule has 0 saturated carbocycles. The van der Waals surface area contributed by atoms with Crippen LogP contribution in [0.2, 0.25) is 0 Å². The Morgan fingerprint density at radius 2 is 1.88 bits per heavy atom. The van der Waals surface area contributed by atoms with Gasteiger partial charge in [-0.05, 0) is 67.8 Å². The van der Waals surface area contributed by atoms with E-state index in [0.29, 0.717) is 18.0 Å². The maximum absolute atomic E-state index is 12.1. The van der Waals surface area contributed by atoms with Gasteiger partial charge in [0, 0.05) is 24.0 Å². The van der Waals surface area contributed by atoms with E-state index in [1.54, 1.807) is 18.5 Å². The van der Waals surface area contributed by atoms with Crippen molar-refractivity contribution in [1.29, 1.82) is 0 Å². The summed E-state index contributed by atoms with van der Waals surface area (Å²) in [5.41, 5.74) is 3.40. The van der Waals surface area contributed by atoms with Crippen molar-refractivity contribution in [3.05, 3.63) is 79.1 Å². The summed E-state index contributed by atoms with van der Waals surface area (Å²) in [4.78, 5) is 16.6. The number of amides is 1. The Morgan fingerprint density at radius 1 is 1.03 bits per heavy atom. The summed E-state index contributed by atoms with van der Waals surface area (Å²) in [7, 11) is 0. The quantitative estimate of drug-likeness (QED) is 0.421. The second kappa shape index (κ2) is 9.75. The number of nitrogens with zero attached hydrogens (tertiary/aromatic N) is 2. The third kappa shape index (κ3) is 5.15. The molecule has 0 aliphatic carbocycles. The Balaban J connectivity index is 1.23. The summed E-state index contributed by atoms with van der Waals surface area (Å²) in [6.45, 7) is 1.38. The fourth-order valence-corrected chi connectivity index (χ4v) is 3.86. The Labute approximate surface area is 191 Å². The number of nitrogens with one attached hydrogen (secondary N) is 1. The lowest BCUT2D eigenvalue weighted by atomic mass is 10.1. The van der Waals surface area contributed by atoms with Gasteiger partial charge in [-0.1, -0.05) is 18.2 Å². The molecule has 0 bridgehead atoms. The molecule has 1 aliphatic heterocycles. The highest BCUT2D eigenvalue weighted by atomic mass is 16.6. The van der Waals surface area contributed by atoms with Crippen LogP contribution in [0.3, 0.4) is 0 Å². The van der Waals surface area contributed by atoms with E-state index in [1.807, 2.05) is 65.2 Å². The number of hydrogen-bond acceptors (Lipinski definition) is 5. The van der Waals surface area contributed by atoms with Gasteiger partial charge in [-0.2, -0.15) is 0 Å². The molecule has 168 valence electrons. The van der Waals surface area contributed by atoms with E-state index in [0.717, 1.165) is 41.9 Å². The van der Waals surface area contributed by atoms with Crippen molar-refractivity contribution in [1.82, 2.24) is 9.55 Å². The molecule has 1 saturated heterocycles. The van der Waals surface area contributed by atoms with E-state index in [2.05, 4.69) is 10.3 Å². The molecule has 2 heterocycles. The summed E-state index contributed by atoms with van der Waals surface area (Å²) in [5.74, 6) is 1.28. The maximum Gasteiger partial charge on any atom is 0.417 e. The Kier molecular flexibility index (Phi) is 6.21. The third-order valence-electron chi connectivity index (χ3n) is 5.57. The fraction of sp³-hybridized carbons (Fsp3) is 0.231.